The average molecular weight is 519 g/mol. The Bertz CT molecular complexity index is 1090. The van der Waals surface area contributed by atoms with Gasteiger partial charge in [0.2, 0.25) is 0 Å². The van der Waals surface area contributed by atoms with E-state index < -0.39 is 19.7 Å². The third-order valence-electron chi connectivity index (χ3n) is 4.07. The van der Waals surface area contributed by atoms with Crippen LogP contribution in [-0.2, 0) is 26.7 Å². The number of thiazole rings is 1. The molecule has 1 aromatic heterocycles. The highest BCUT2D eigenvalue weighted by atomic mass is 79.9. The van der Waals surface area contributed by atoms with Crippen LogP contribution in [0.2, 0.25) is 0 Å². The summed E-state index contributed by atoms with van der Waals surface area (Å²) in [4.78, 5) is 15.4. The Morgan fingerprint density at radius 3 is 2.50 bits per heavy atom. The van der Waals surface area contributed by atoms with Gasteiger partial charge in [-0.1, -0.05) is 40.2 Å². The van der Waals surface area contributed by atoms with Gasteiger partial charge in [-0.25, -0.2) is 9.78 Å². The Morgan fingerprint density at radius 2 is 1.90 bits per heavy atom. The highest BCUT2D eigenvalue weighted by Crippen LogP contribution is 2.53. The summed E-state index contributed by atoms with van der Waals surface area (Å²) in [6.07, 6.45) is -0.565. The zero-order chi connectivity index (χ0) is 21.7. The summed E-state index contributed by atoms with van der Waals surface area (Å²) in [5, 5.41) is 14.6. The molecule has 0 amide bonds. The second-order valence-electron chi connectivity index (χ2n) is 6.11. The summed E-state index contributed by atoms with van der Waals surface area (Å²) >= 11 is 4.67. The van der Waals surface area contributed by atoms with Crippen LogP contribution in [0, 0.1) is 0 Å². The molecule has 0 aliphatic rings. The van der Waals surface area contributed by atoms with Gasteiger partial charge in [0.05, 0.1) is 17.4 Å². The van der Waals surface area contributed by atoms with Crippen LogP contribution in [0.1, 0.15) is 21.5 Å². The summed E-state index contributed by atoms with van der Waals surface area (Å²) in [6.45, 7) is 0.417. The van der Waals surface area contributed by atoms with Gasteiger partial charge in [-0.3, -0.25) is 4.57 Å². The lowest BCUT2D eigenvalue weighted by Crippen LogP contribution is -2.00. The summed E-state index contributed by atoms with van der Waals surface area (Å²) in [6, 6.07) is 11.4. The molecule has 0 atom stereocenters. The molecule has 0 spiro atoms. The fourth-order valence-electron chi connectivity index (χ4n) is 2.55. The Hall–Kier alpha value is -2.17. The van der Waals surface area contributed by atoms with E-state index in [0.717, 1.165) is 11.1 Å². The van der Waals surface area contributed by atoms with E-state index in [1.54, 1.807) is 30.3 Å². The molecule has 0 fully saturated rings. The molecule has 30 heavy (non-hydrogen) atoms. The van der Waals surface area contributed by atoms with Crippen LogP contribution in [-0.4, -0.2) is 16.1 Å². The third-order valence-corrected chi connectivity index (χ3v) is 6.75. The molecule has 2 N–H and O–H groups in total. The molecule has 12 heteroatoms. The second kappa shape index (κ2) is 9.76. The third kappa shape index (κ3) is 5.50. The van der Waals surface area contributed by atoms with Crippen molar-refractivity contribution < 1.29 is 33.0 Å². The van der Waals surface area contributed by atoms with Gasteiger partial charge in [-0.15, -0.1) is 20.8 Å². The first-order valence-electron chi connectivity index (χ1n) is 8.34. The zero-order valence-electron chi connectivity index (χ0n) is 15.0. The quantitative estimate of drug-likeness (QED) is 0.317. The summed E-state index contributed by atoms with van der Waals surface area (Å²) in [5.41, 5.74) is 2.91. The van der Waals surface area contributed by atoms with Crippen molar-refractivity contribution in [2.75, 3.05) is 5.32 Å². The number of nitrogens with one attached hydrogen (secondary N) is 1. The normalized spacial score (nSPS) is 11.4. The standard InChI is InChI=1S/C18H14BrF2N2O5PS/c19-15-7-11(1-2-14(15)9-29(26,27-20)28-21)8-22-18-23-16(10-30-18)12-3-5-13(6-4-12)17(24)25/h1-7,10H,8-9H2,(H,22,23)(H,24,25). The van der Waals surface area contributed by atoms with Gasteiger partial charge in [0.15, 0.2) is 5.13 Å². The molecule has 2 aromatic carbocycles. The maximum atomic E-state index is 12.2. The summed E-state index contributed by atoms with van der Waals surface area (Å²) in [5.74, 6) is -0.989. The van der Waals surface area contributed by atoms with Crippen LogP contribution < -0.4 is 5.32 Å². The van der Waals surface area contributed by atoms with E-state index in [0.29, 0.717) is 27.4 Å². The molecule has 7 nitrogen and oxygen atoms in total. The van der Waals surface area contributed by atoms with E-state index in [1.165, 1.54) is 23.5 Å². The number of rotatable bonds is 9. The summed E-state index contributed by atoms with van der Waals surface area (Å²) < 4.78 is 42.8. The predicted octanol–water partition coefficient (Wildman–Crippen LogP) is 6.38. The number of benzene rings is 2. The number of hydrogen-bond donors (Lipinski definition) is 2. The van der Waals surface area contributed by atoms with Crippen molar-refractivity contribution in [3.8, 4) is 11.3 Å². The van der Waals surface area contributed by atoms with E-state index in [2.05, 4.69) is 35.7 Å². The van der Waals surface area contributed by atoms with Crippen molar-refractivity contribution >= 4 is 46.0 Å². The number of carboxylic acids is 1. The van der Waals surface area contributed by atoms with Crippen LogP contribution >= 0.6 is 34.9 Å². The maximum absolute atomic E-state index is 12.2. The van der Waals surface area contributed by atoms with Crippen molar-refractivity contribution in [2.24, 2.45) is 0 Å². The van der Waals surface area contributed by atoms with Gasteiger partial charge in [-0.05, 0) is 38.4 Å². The molecule has 1 heterocycles. The maximum Gasteiger partial charge on any atom is 0.399 e. The van der Waals surface area contributed by atoms with Crippen molar-refractivity contribution in [2.45, 2.75) is 12.7 Å². The van der Waals surface area contributed by atoms with Gasteiger partial charge < -0.3 is 10.4 Å². The molecule has 0 saturated carbocycles. The van der Waals surface area contributed by atoms with Gasteiger partial charge in [0, 0.05) is 22.0 Å². The van der Waals surface area contributed by atoms with Crippen LogP contribution in [0.25, 0.3) is 11.3 Å². The van der Waals surface area contributed by atoms with Crippen molar-refractivity contribution in [1.82, 2.24) is 4.98 Å². The largest absolute Gasteiger partial charge is 0.478 e. The van der Waals surface area contributed by atoms with Crippen molar-refractivity contribution in [1.29, 1.82) is 0 Å². The molecule has 0 aliphatic carbocycles. The van der Waals surface area contributed by atoms with Gasteiger partial charge in [0.25, 0.3) is 0 Å². The lowest BCUT2D eigenvalue weighted by molar-refractivity contribution is -0.0881. The van der Waals surface area contributed by atoms with E-state index >= 15 is 0 Å². The molecule has 3 aromatic rings. The Labute approximate surface area is 182 Å². The highest BCUT2D eigenvalue weighted by molar-refractivity contribution is 9.10. The first-order valence-corrected chi connectivity index (χ1v) is 11.7. The molecular weight excluding hydrogens is 505 g/mol. The molecule has 0 radical (unpaired) electrons. The first kappa shape index (κ1) is 22.5. The predicted molar refractivity (Wildman–Crippen MR) is 112 cm³/mol. The zero-order valence-corrected chi connectivity index (χ0v) is 18.3. The van der Waals surface area contributed by atoms with Crippen molar-refractivity contribution in [3.05, 3.63) is 69.0 Å². The van der Waals surface area contributed by atoms with Gasteiger partial charge in [-0.2, -0.15) is 0 Å². The fourth-order valence-corrected chi connectivity index (χ4v) is 4.86. The number of aromatic carboxylic acids is 1. The van der Waals surface area contributed by atoms with Crippen LogP contribution in [0.5, 0.6) is 0 Å². The fraction of sp³-hybridized carbons (Fsp3) is 0.111. The number of carbonyl (C=O) groups is 1. The van der Waals surface area contributed by atoms with E-state index in [1.807, 2.05) is 5.38 Å². The lowest BCUT2D eigenvalue weighted by atomic mass is 10.1. The Balaban J connectivity index is 1.64. The minimum absolute atomic E-state index is 0.203. The van der Waals surface area contributed by atoms with Crippen molar-refractivity contribution in [3.63, 3.8) is 0 Å². The molecule has 0 saturated heterocycles. The molecule has 0 aliphatic heterocycles. The molecule has 3 rings (SSSR count). The topological polar surface area (TPSA) is 97.8 Å². The number of nitrogens with zero attached hydrogens (tertiary/aromatic N) is 1. The number of carboxylic acid groups (broad SMARTS) is 1. The van der Waals surface area contributed by atoms with Gasteiger partial charge >= 0.3 is 13.6 Å². The van der Waals surface area contributed by atoms with Crippen LogP contribution in [0.3, 0.4) is 0 Å². The first-order chi connectivity index (χ1) is 14.3. The minimum Gasteiger partial charge on any atom is -0.478 e. The molecule has 0 bridgehead atoms. The monoisotopic (exact) mass is 518 g/mol. The molecule has 158 valence electrons. The Kier molecular flexibility index (Phi) is 7.32. The number of hydrogen-bond acceptors (Lipinski definition) is 7. The molecular formula is C18H14BrF2N2O5PS. The molecule has 0 unspecified atom stereocenters. The highest BCUT2D eigenvalue weighted by Gasteiger charge is 2.29. The Morgan fingerprint density at radius 1 is 1.20 bits per heavy atom. The van der Waals surface area contributed by atoms with Crippen LogP contribution in [0.15, 0.2) is 52.3 Å². The summed E-state index contributed by atoms with van der Waals surface area (Å²) in [7, 11) is -4.46. The van der Waals surface area contributed by atoms with E-state index in [9.17, 15) is 18.4 Å². The van der Waals surface area contributed by atoms with E-state index in [4.69, 9.17) is 5.11 Å². The SMILES string of the molecule is O=C(O)c1ccc(-c2csc(NCc3ccc(CP(=O)(OF)OF)c(Br)c3)n2)cc1. The smallest absolute Gasteiger partial charge is 0.399 e. The number of aromatic nitrogens is 1. The number of anilines is 1. The number of halogens is 3. The van der Waals surface area contributed by atoms with E-state index in [-0.39, 0.29) is 5.56 Å². The van der Waals surface area contributed by atoms with Gasteiger partial charge in [0.1, 0.15) is 0 Å². The van der Waals surface area contributed by atoms with Crippen LogP contribution in [0.4, 0.5) is 14.2 Å². The minimum atomic E-state index is -4.46. The lowest BCUT2D eigenvalue weighted by Gasteiger charge is -2.10. The second-order valence-corrected chi connectivity index (χ2v) is 9.63. The average Bonchev–Trinajstić information content (AvgIpc) is 3.23.